The molecule has 0 spiro atoms. The van der Waals surface area contributed by atoms with Crippen LogP contribution in [0.15, 0.2) is 66.7 Å². The van der Waals surface area contributed by atoms with E-state index in [0.717, 1.165) is 16.7 Å². The van der Waals surface area contributed by atoms with Crippen molar-refractivity contribution < 1.29 is 30.0 Å². The molecule has 1 aliphatic rings. The van der Waals surface area contributed by atoms with Crippen molar-refractivity contribution in [2.24, 2.45) is 11.8 Å². The highest BCUT2D eigenvalue weighted by Gasteiger charge is 2.30. The van der Waals surface area contributed by atoms with Gasteiger partial charge in [0.25, 0.3) is 0 Å². The van der Waals surface area contributed by atoms with E-state index in [1.165, 1.54) is 19.2 Å². The minimum absolute atomic E-state index is 0.000186. The number of ketones is 1. The lowest BCUT2D eigenvalue weighted by molar-refractivity contribution is -0.122. The average Bonchev–Trinajstić information content (AvgIpc) is 2.89. The van der Waals surface area contributed by atoms with Crippen molar-refractivity contribution in [3.8, 4) is 34.8 Å². The Hall–Kier alpha value is -3.95. The first-order chi connectivity index (χ1) is 17.8. The normalized spacial score (nSPS) is 22.1. The largest absolute Gasteiger partial charge is 0.504 e. The van der Waals surface area contributed by atoms with Crippen molar-refractivity contribution in [3.63, 3.8) is 0 Å². The number of aromatic hydroxyl groups is 3. The fourth-order valence-corrected chi connectivity index (χ4v) is 4.97. The number of benzene rings is 3. The van der Waals surface area contributed by atoms with Gasteiger partial charge in [0.15, 0.2) is 23.0 Å². The number of Topliss-reactive ketones (excluding diaryl/α,β-unsaturated/α-hetero) is 1. The monoisotopic (exact) mass is 500 g/mol. The molecule has 37 heavy (non-hydrogen) atoms. The van der Waals surface area contributed by atoms with Crippen LogP contribution in [-0.2, 0) is 17.6 Å². The summed E-state index contributed by atoms with van der Waals surface area (Å²) in [6, 6.07) is 19.7. The third kappa shape index (κ3) is 6.63. The highest BCUT2D eigenvalue weighted by molar-refractivity contribution is 5.80. The molecule has 0 aliphatic heterocycles. The molecule has 0 heterocycles. The molecule has 3 aromatic rings. The van der Waals surface area contributed by atoms with Gasteiger partial charge in [-0.1, -0.05) is 48.4 Å². The topological polar surface area (TPSA) is 107 Å². The van der Waals surface area contributed by atoms with Gasteiger partial charge < -0.3 is 25.2 Å². The summed E-state index contributed by atoms with van der Waals surface area (Å²) >= 11 is 0. The van der Waals surface area contributed by atoms with Gasteiger partial charge in [-0.25, -0.2) is 0 Å². The van der Waals surface area contributed by atoms with E-state index >= 15 is 0 Å². The Morgan fingerprint density at radius 1 is 0.865 bits per heavy atom. The van der Waals surface area contributed by atoms with Crippen LogP contribution >= 0.6 is 0 Å². The van der Waals surface area contributed by atoms with Crippen LogP contribution in [-0.4, -0.2) is 39.4 Å². The second-order valence-electron chi connectivity index (χ2n) is 9.66. The lowest BCUT2D eigenvalue weighted by Crippen LogP contribution is -2.28. The van der Waals surface area contributed by atoms with Crippen LogP contribution < -0.4 is 4.74 Å². The summed E-state index contributed by atoms with van der Waals surface area (Å²) in [6.07, 6.45) is 0.753. The van der Waals surface area contributed by atoms with Gasteiger partial charge in [0.2, 0.25) is 0 Å². The zero-order valence-corrected chi connectivity index (χ0v) is 20.8. The summed E-state index contributed by atoms with van der Waals surface area (Å²) in [5, 5.41) is 40.6. The number of ether oxygens (including phenoxy) is 1. The summed E-state index contributed by atoms with van der Waals surface area (Å²) in [4.78, 5) is 13.2. The number of phenolic OH excluding ortho intramolecular Hbond substituents is 3. The van der Waals surface area contributed by atoms with E-state index in [4.69, 9.17) is 4.74 Å². The van der Waals surface area contributed by atoms with Gasteiger partial charge in [-0.3, -0.25) is 4.79 Å². The molecule has 0 fully saturated rings. The van der Waals surface area contributed by atoms with Crippen molar-refractivity contribution >= 4 is 5.78 Å². The lowest BCUT2D eigenvalue weighted by Gasteiger charge is -2.27. The summed E-state index contributed by atoms with van der Waals surface area (Å²) in [5.74, 6) is 5.87. The van der Waals surface area contributed by atoms with Crippen molar-refractivity contribution in [2.75, 3.05) is 7.11 Å². The van der Waals surface area contributed by atoms with Gasteiger partial charge in [-0.05, 0) is 53.8 Å². The van der Waals surface area contributed by atoms with Gasteiger partial charge in [0.1, 0.15) is 5.78 Å². The Bertz CT molecular complexity index is 1290. The highest BCUT2D eigenvalue weighted by atomic mass is 16.5. The summed E-state index contributed by atoms with van der Waals surface area (Å²) < 4.78 is 5.32. The molecule has 1 aliphatic carbocycles. The van der Waals surface area contributed by atoms with Crippen LogP contribution in [0.1, 0.15) is 41.9 Å². The predicted molar refractivity (Wildman–Crippen MR) is 141 cm³/mol. The summed E-state index contributed by atoms with van der Waals surface area (Å²) in [6.45, 7) is 0. The zero-order valence-electron chi connectivity index (χ0n) is 20.8. The van der Waals surface area contributed by atoms with E-state index in [-0.39, 0.29) is 53.6 Å². The molecule has 0 radical (unpaired) electrons. The highest BCUT2D eigenvalue weighted by Crippen LogP contribution is 2.37. The van der Waals surface area contributed by atoms with Crippen LogP contribution in [0.2, 0.25) is 0 Å². The molecule has 0 bridgehead atoms. The number of phenols is 3. The number of hydrogen-bond acceptors (Lipinski definition) is 6. The van der Waals surface area contributed by atoms with Crippen LogP contribution in [0.5, 0.6) is 23.0 Å². The van der Waals surface area contributed by atoms with Crippen molar-refractivity contribution in [1.29, 1.82) is 0 Å². The Balaban J connectivity index is 1.68. The SMILES string of the molecule is COc1cc(C2CC(=O)CC(O)C(Cc3ccc(O)c(O)c3)CC#CC2Cc2ccccc2)ccc1O. The van der Waals surface area contributed by atoms with E-state index in [2.05, 4.69) is 11.8 Å². The van der Waals surface area contributed by atoms with Crippen molar-refractivity contribution in [2.45, 2.75) is 44.1 Å². The maximum atomic E-state index is 13.2. The first kappa shape index (κ1) is 26.1. The van der Waals surface area contributed by atoms with Crippen LogP contribution in [0.3, 0.4) is 0 Å². The molecule has 0 saturated carbocycles. The maximum Gasteiger partial charge on any atom is 0.160 e. The van der Waals surface area contributed by atoms with Crippen molar-refractivity contribution in [1.82, 2.24) is 0 Å². The molecule has 3 aromatic carbocycles. The fraction of sp³-hybridized carbons (Fsp3) is 0.323. The molecule has 6 heteroatoms. The van der Waals surface area contributed by atoms with Crippen LogP contribution in [0.4, 0.5) is 0 Å². The number of hydrogen-bond donors (Lipinski definition) is 4. The average molecular weight is 501 g/mol. The molecule has 4 unspecified atom stereocenters. The second-order valence-corrected chi connectivity index (χ2v) is 9.66. The van der Waals surface area contributed by atoms with E-state index < -0.39 is 6.10 Å². The van der Waals surface area contributed by atoms with Gasteiger partial charge in [0, 0.05) is 37.0 Å². The van der Waals surface area contributed by atoms with Crippen LogP contribution in [0, 0.1) is 23.7 Å². The summed E-state index contributed by atoms with van der Waals surface area (Å²) in [7, 11) is 1.49. The molecule has 6 nitrogen and oxygen atoms in total. The van der Waals surface area contributed by atoms with E-state index in [1.807, 2.05) is 30.3 Å². The molecular weight excluding hydrogens is 468 g/mol. The molecule has 4 atom stereocenters. The summed E-state index contributed by atoms with van der Waals surface area (Å²) in [5.41, 5.74) is 2.71. The first-order valence-electron chi connectivity index (χ1n) is 12.4. The van der Waals surface area contributed by atoms with Gasteiger partial charge in [-0.15, -0.1) is 5.92 Å². The number of aliphatic hydroxyl groups excluding tert-OH is 1. The molecule has 4 rings (SSSR count). The van der Waals surface area contributed by atoms with E-state index in [1.54, 1.807) is 24.3 Å². The predicted octanol–water partition coefficient (Wildman–Crippen LogP) is 4.73. The molecule has 4 N–H and O–H groups in total. The third-order valence-electron chi connectivity index (χ3n) is 7.03. The van der Waals surface area contributed by atoms with Crippen LogP contribution in [0.25, 0.3) is 0 Å². The number of carbonyl (C=O) groups is 1. The minimum Gasteiger partial charge on any atom is -0.504 e. The lowest BCUT2D eigenvalue weighted by atomic mass is 9.77. The molecule has 192 valence electrons. The standard InChI is InChI=1S/C31H32O6/c1-37-31-17-23(11-13-28(31)34)26-18-25(32)19-29(35)24(15-21-10-12-27(33)30(36)16-21)9-5-8-22(26)14-20-6-3-2-4-7-20/h2-4,6-7,10-13,16-17,22,24,26,29,33-36H,9,14-15,18-19H2,1H3. The maximum absolute atomic E-state index is 13.2. The number of rotatable bonds is 6. The first-order valence-corrected chi connectivity index (χ1v) is 12.4. The van der Waals surface area contributed by atoms with E-state index in [0.29, 0.717) is 25.0 Å². The van der Waals surface area contributed by atoms with E-state index in [9.17, 15) is 25.2 Å². The quantitative estimate of drug-likeness (QED) is 0.288. The zero-order chi connectivity index (χ0) is 26.4. The number of carbonyl (C=O) groups excluding carboxylic acids is 1. The number of methoxy groups -OCH3 is 1. The van der Waals surface area contributed by atoms with Gasteiger partial charge >= 0.3 is 0 Å². The molecular formula is C31H32O6. The Morgan fingerprint density at radius 3 is 2.35 bits per heavy atom. The molecule has 0 aromatic heterocycles. The fourth-order valence-electron chi connectivity index (χ4n) is 4.97. The smallest absolute Gasteiger partial charge is 0.160 e. The molecule has 0 saturated heterocycles. The van der Waals surface area contributed by atoms with Gasteiger partial charge in [-0.2, -0.15) is 0 Å². The van der Waals surface area contributed by atoms with Gasteiger partial charge in [0.05, 0.1) is 13.2 Å². The number of aliphatic hydroxyl groups is 1. The molecule has 0 amide bonds. The minimum atomic E-state index is -0.890. The third-order valence-corrected chi connectivity index (χ3v) is 7.03. The Morgan fingerprint density at radius 2 is 1.62 bits per heavy atom. The Kier molecular flexibility index (Phi) is 8.37. The second kappa shape index (κ2) is 11.9. The van der Waals surface area contributed by atoms with Crippen molar-refractivity contribution in [3.05, 3.63) is 83.4 Å². The Labute approximate surface area is 217 Å².